The van der Waals surface area contributed by atoms with Gasteiger partial charge in [0.1, 0.15) is 0 Å². The van der Waals surface area contributed by atoms with Crippen molar-refractivity contribution in [3.8, 4) is 0 Å². The predicted octanol–water partition coefficient (Wildman–Crippen LogP) is 3.25. The first kappa shape index (κ1) is 14.4. The first-order valence-corrected chi connectivity index (χ1v) is 6.43. The third kappa shape index (κ3) is 3.29. The summed E-state index contributed by atoms with van der Waals surface area (Å²) in [4.78, 5) is 12.2. The van der Waals surface area contributed by atoms with Gasteiger partial charge in [-0.3, -0.25) is 4.79 Å². The fourth-order valence-electron chi connectivity index (χ4n) is 1.84. The summed E-state index contributed by atoms with van der Waals surface area (Å²) in [5.74, 6) is -0.264. The van der Waals surface area contributed by atoms with Crippen LogP contribution in [0.5, 0.6) is 0 Å². The molecule has 1 atom stereocenters. The van der Waals surface area contributed by atoms with E-state index in [0.717, 1.165) is 5.56 Å². The molecule has 5 heteroatoms. The van der Waals surface area contributed by atoms with E-state index in [-0.39, 0.29) is 5.91 Å². The Morgan fingerprint density at radius 3 is 2.55 bits per heavy atom. The number of ether oxygens (including phenoxy) is 1. The molecule has 0 fully saturated rings. The Morgan fingerprint density at radius 2 is 1.95 bits per heavy atom. The Bertz CT molecular complexity index is 602. The number of methoxy groups -OCH3 is 1. The van der Waals surface area contributed by atoms with Crippen LogP contribution >= 0.6 is 11.6 Å². The first-order valence-electron chi connectivity index (χ1n) is 6.05. The average Bonchev–Trinajstić information content (AvgIpc) is 2.45. The number of carbonyl (C=O) groups is 1. The van der Waals surface area contributed by atoms with Crippen molar-refractivity contribution >= 4 is 28.9 Å². The standard InChI is InChI=1S/C15H15ClN2O2/c1-20-14(10-5-3-2-4-6-10)15(19)18-11-7-8-13(17)12(16)9-11/h2-9,14H,17H2,1H3,(H,18,19). The minimum atomic E-state index is -0.674. The van der Waals surface area contributed by atoms with E-state index in [2.05, 4.69) is 5.32 Å². The van der Waals surface area contributed by atoms with E-state index < -0.39 is 6.10 Å². The molecule has 2 aromatic rings. The molecule has 0 spiro atoms. The van der Waals surface area contributed by atoms with Crippen LogP contribution in [0.2, 0.25) is 5.02 Å². The number of amides is 1. The van der Waals surface area contributed by atoms with Crippen LogP contribution in [0.4, 0.5) is 11.4 Å². The number of nitrogen functional groups attached to an aromatic ring is 1. The number of rotatable bonds is 4. The number of hydrogen-bond acceptors (Lipinski definition) is 3. The first-order chi connectivity index (χ1) is 9.61. The highest BCUT2D eigenvalue weighted by molar-refractivity contribution is 6.33. The Hall–Kier alpha value is -2.04. The summed E-state index contributed by atoms with van der Waals surface area (Å²) in [5, 5.41) is 3.16. The fraction of sp³-hybridized carbons (Fsp3) is 0.133. The SMILES string of the molecule is COC(C(=O)Nc1ccc(N)c(Cl)c1)c1ccccc1. The van der Waals surface area contributed by atoms with Gasteiger partial charge in [0.05, 0.1) is 10.7 Å². The second-order valence-corrected chi connectivity index (χ2v) is 4.66. The van der Waals surface area contributed by atoms with Gasteiger partial charge in [-0.1, -0.05) is 41.9 Å². The highest BCUT2D eigenvalue weighted by Gasteiger charge is 2.19. The van der Waals surface area contributed by atoms with Crippen molar-refractivity contribution in [3.63, 3.8) is 0 Å². The van der Waals surface area contributed by atoms with Crippen LogP contribution in [0.1, 0.15) is 11.7 Å². The average molecular weight is 291 g/mol. The van der Waals surface area contributed by atoms with Gasteiger partial charge in [0, 0.05) is 12.8 Å². The van der Waals surface area contributed by atoms with E-state index in [1.807, 2.05) is 30.3 Å². The summed E-state index contributed by atoms with van der Waals surface area (Å²) in [6, 6.07) is 14.2. The molecule has 0 heterocycles. The van der Waals surface area contributed by atoms with Crippen LogP contribution < -0.4 is 11.1 Å². The Balaban J connectivity index is 2.15. The lowest BCUT2D eigenvalue weighted by Gasteiger charge is -2.16. The third-order valence-electron chi connectivity index (χ3n) is 2.84. The van der Waals surface area contributed by atoms with E-state index in [1.165, 1.54) is 7.11 Å². The van der Waals surface area contributed by atoms with Gasteiger partial charge >= 0.3 is 0 Å². The molecule has 1 amide bonds. The smallest absolute Gasteiger partial charge is 0.258 e. The van der Waals surface area contributed by atoms with Gasteiger partial charge in [-0.25, -0.2) is 0 Å². The van der Waals surface area contributed by atoms with E-state index in [9.17, 15) is 4.79 Å². The molecule has 2 aromatic carbocycles. The maximum Gasteiger partial charge on any atom is 0.258 e. The largest absolute Gasteiger partial charge is 0.398 e. The predicted molar refractivity (Wildman–Crippen MR) is 80.7 cm³/mol. The lowest BCUT2D eigenvalue weighted by Crippen LogP contribution is -2.22. The fourth-order valence-corrected chi connectivity index (χ4v) is 2.02. The zero-order valence-corrected chi connectivity index (χ0v) is 11.7. The summed E-state index contributed by atoms with van der Waals surface area (Å²) < 4.78 is 5.25. The lowest BCUT2D eigenvalue weighted by molar-refractivity contribution is -0.126. The van der Waals surface area contributed by atoms with E-state index in [0.29, 0.717) is 16.4 Å². The summed E-state index contributed by atoms with van der Waals surface area (Å²) >= 11 is 5.92. The van der Waals surface area contributed by atoms with Crippen molar-refractivity contribution < 1.29 is 9.53 Å². The van der Waals surface area contributed by atoms with Gasteiger partial charge in [0.15, 0.2) is 6.10 Å². The minimum absolute atomic E-state index is 0.264. The molecule has 1 unspecified atom stereocenters. The molecule has 0 aliphatic carbocycles. The van der Waals surface area contributed by atoms with Crippen molar-refractivity contribution in [1.82, 2.24) is 0 Å². The maximum atomic E-state index is 12.2. The van der Waals surface area contributed by atoms with Crippen molar-refractivity contribution in [2.45, 2.75) is 6.10 Å². The number of nitrogens with two attached hydrogens (primary N) is 1. The van der Waals surface area contributed by atoms with Crippen LogP contribution in [0.3, 0.4) is 0 Å². The van der Waals surface area contributed by atoms with E-state index >= 15 is 0 Å². The summed E-state index contributed by atoms with van der Waals surface area (Å²) in [5.41, 5.74) is 7.46. The molecule has 104 valence electrons. The molecule has 2 rings (SSSR count). The molecule has 20 heavy (non-hydrogen) atoms. The highest BCUT2D eigenvalue weighted by Crippen LogP contribution is 2.24. The number of anilines is 2. The summed E-state index contributed by atoms with van der Waals surface area (Å²) in [7, 11) is 1.49. The molecule has 3 N–H and O–H groups in total. The van der Waals surface area contributed by atoms with Crippen molar-refractivity contribution in [2.75, 3.05) is 18.2 Å². The molecule has 0 saturated carbocycles. The lowest BCUT2D eigenvalue weighted by atomic mass is 10.1. The molecule has 0 radical (unpaired) electrons. The zero-order valence-electron chi connectivity index (χ0n) is 11.0. The number of benzene rings is 2. The van der Waals surface area contributed by atoms with Gasteiger partial charge in [-0.2, -0.15) is 0 Å². The van der Waals surface area contributed by atoms with Gasteiger partial charge < -0.3 is 15.8 Å². The zero-order chi connectivity index (χ0) is 14.5. The van der Waals surface area contributed by atoms with Crippen LogP contribution in [-0.4, -0.2) is 13.0 Å². The number of nitrogens with one attached hydrogen (secondary N) is 1. The van der Waals surface area contributed by atoms with Crippen molar-refractivity contribution in [1.29, 1.82) is 0 Å². The summed E-state index contributed by atoms with van der Waals surface area (Å²) in [6.45, 7) is 0. The molecule has 0 aliphatic heterocycles. The minimum Gasteiger partial charge on any atom is -0.398 e. The number of hydrogen-bond donors (Lipinski definition) is 2. The molecule has 0 saturated heterocycles. The number of carbonyl (C=O) groups excluding carboxylic acids is 1. The second kappa shape index (κ2) is 6.41. The van der Waals surface area contributed by atoms with Gasteiger partial charge in [0.25, 0.3) is 5.91 Å². The molecule has 0 aliphatic rings. The van der Waals surface area contributed by atoms with Crippen LogP contribution in [0.25, 0.3) is 0 Å². The van der Waals surface area contributed by atoms with Crippen molar-refractivity contribution in [3.05, 3.63) is 59.1 Å². The van der Waals surface area contributed by atoms with Crippen molar-refractivity contribution in [2.24, 2.45) is 0 Å². The Labute approximate surface area is 122 Å². The van der Waals surface area contributed by atoms with E-state index in [4.69, 9.17) is 22.1 Å². The van der Waals surface area contributed by atoms with Gasteiger partial charge in [-0.05, 0) is 23.8 Å². The molecule has 4 nitrogen and oxygen atoms in total. The van der Waals surface area contributed by atoms with E-state index in [1.54, 1.807) is 18.2 Å². The quantitative estimate of drug-likeness (QED) is 0.850. The Kier molecular flexibility index (Phi) is 4.61. The van der Waals surface area contributed by atoms with Crippen LogP contribution in [0, 0.1) is 0 Å². The number of halogens is 1. The molecular formula is C15H15ClN2O2. The van der Waals surface area contributed by atoms with Crippen LogP contribution in [0.15, 0.2) is 48.5 Å². The monoisotopic (exact) mass is 290 g/mol. The van der Waals surface area contributed by atoms with Gasteiger partial charge in [0.2, 0.25) is 0 Å². The molecule has 0 bridgehead atoms. The molecule has 0 aromatic heterocycles. The Morgan fingerprint density at radius 1 is 1.25 bits per heavy atom. The summed E-state index contributed by atoms with van der Waals surface area (Å²) in [6.07, 6.45) is -0.674. The molecular weight excluding hydrogens is 276 g/mol. The van der Waals surface area contributed by atoms with Gasteiger partial charge in [-0.15, -0.1) is 0 Å². The maximum absolute atomic E-state index is 12.2. The highest BCUT2D eigenvalue weighted by atomic mass is 35.5. The topological polar surface area (TPSA) is 64.3 Å². The van der Waals surface area contributed by atoms with Crippen LogP contribution in [-0.2, 0) is 9.53 Å². The third-order valence-corrected chi connectivity index (χ3v) is 3.17. The normalized spacial score (nSPS) is 11.9. The second-order valence-electron chi connectivity index (χ2n) is 4.25.